The lowest BCUT2D eigenvalue weighted by atomic mass is 10.1. The maximum atomic E-state index is 12.1. The average molecular weight is 287 g/mol. The summed E-state index contributed by atoms with van der Waals surface area (Å²) in [6.45, 7) is 3.04. The zero-order valence-corrected chi connectivity index (χ0v) is 11.5. The minimum Gasteiger partial charge on any atom is -0.376 e. The lowest BCUT2D eigenvalue weighted by molar-refractivity contribution is 0.0852. The van der Waals surface area contributed by atoms with Crippen LogP contribution in [0.5, 0.6) is 0 Å². The molecule has 0 aromatic carbocycles. The molecule has 1 fully saturated rings. The Morgan fingerprint density at radius 3 is 3.21 bits per heavy atom. The highest BCUT2D eigenvalue weighted by Crippen LogP contribution is 2.15. The fourth-order valence-electron chi connectivity index (χ4n) is 2.51. The third kappa shape index (κ3) is 3.08. The summed E-state index contributed by atoms with van der Waals surface area (Å²) in [6, 6.07) is 0. The SMILES string of the molecule is Cl.O=C(NCC1CCCO1)c1n[nH]c2c1CNCC2. The minimum absolute atomic E-state index is 0. The van der Waals surface area contributed by atoms with Gasteiger partial charge in [0.25, 0.3) is 5.91 Å². The molecule has 2 aliphatic heterocycles. The summed E-state index contributed by atoms with van der Waals surface area (Å²) < 4.78 is 5.48. The molecule has 1 atom stereocenters. The summed E-state index contributed by atoms with van der Waals surface area (Å²) in [4.78, 5) is 12.1. The van der Waals surface area contributed by atoms with Crippen LogP contribution in [0.4, 0.5) is 0 Å². The molecular formula is C12H19ClN4O2. The van der Waals surface area contributed by atoms with Crippen LogP contribution in [0.1, 0.15) is 34.6 Å². The lowest BCUT2D eigenvalue weighted by Crippen LogP contribution is -2.33. The van der Waals surface area contributed by atoms with Crippen molar-refractivity contribution in [3.63, 3.8) is 0 Å². The number of hydrogen-bond acceptors (Lipinski definition) is 4. The molecule has 0 bridgehead atoms. The van der Waals surface area contributed by atoms with Crippen molar-refractivity contribution in [1.29, 1.82) is 0 Å². The highest BCUT2D eigenvalue weighted by molar-refractivity contribution is 5.94. The van der Waals surface area contributed by atoms with Crippen LogP contribution >= 0.6 is 12.4 Å². The molecule has 1 unspecified atom stereocenters. The number of amides is 1. The van der Waals surface area contributed by atoms with E-state index in [4.69, 9.17) is 4.74 Å². The Morgan fingerprint density at radius 2 is 2.42 bits per heavy atom. The monoisotopic (exact) mass is 286 g/mol. The fourth-order valence-corrected chi connectivity index (χ4v) is 2.51. The molecule has 0 radical (unpaired) electrons. The summed E-state index contributed by atoms with van der Waals surface area (Å²) in [5.41, 5.74) is 2.61. The van der Waals surface area contributed by atoms with E-state index in [1.165, 1.54) is 0 Å². The van der Waals surface area contributed by atoms with Gasteiger partial charge in [0.1, 0.15) is 0 Å². The number of hydrogen-bond donors (Lipinski definition) is 3. The van der Waals surface area contributed by atoms with Gasteiger partial charge in [0, 0.05) is 43.9 Å². The predicted octanol–water partition coefficient (Wildman–Crippen LogP) is 0.386. The molecule has 0 aliphatic carbocycles. The molecule has 106 valence electrons. The quantitative estimate of drug-likeness (QED) is 0.751. The number of H-pyrrole nitrogens is 1. The molecule has 1 aromatic heterocycles. The van der Waals surface area contributed by atoms with Gasteiger partial charge in [-0.15, -0.1) is 12.4 Å². The Kier molecular flexibility index (Phi) is 4.79. The Morgan fingerprint density at radius 1 is 1.53 bits per heavy atom. The molecule has 1 amide bonds. The van der Waals surface area contributed by atoms with Crippen molar-refractivity contribution in [3.05, 3.63) is 17.0 Å². The summed E-state index contributed by atoms with van der Waals surface area (Å²) in [7, 11) is 0. The maximum absolute atomic E-state index is 12.1. The van der Waals surface area contributed by atoms with Gasteiger partial charge in [-0.2, -0.15) is 5.10 Å². The average Bonchev–Trinajstić information content (AvgIpc) is 3.05. The van der Waals surface area contributed by atoms with Crippen molar-refractivity contribution in [2.24, 2.45) is 0 Å². The molecule has 3 heterocycles. The van der Waals surface area contributed by atoms with Gasteiger partial charge in [-0.3, -0.25) is 9.89 Å². The van der Waals surface area contributed by atoms with Gasteiger partial charge in [-0.25, -0.2) is 0 Å². The fraction of sp³-hybridized carbons (Fsp3) is 0.667. The number of rotatable bonds is 3. The van der Waals surface area contributed by atoms with E-state index in [2.05, 4.69) is 20.8 Å². The molecule has 1 aromatic rings. The van der Waals surface area contributed by atoms with E-state index in [0.717, 1.165) is 43.7 Å². The van der Waals surface area contributed by atoms with Gasteiger partial charge < -0.3 is 15.4 Å². The second kappa shape index (κ2) is 6.36. The van der Waals surface area contributed by atoms with Crippen molar-refractivity contribution < 1.29 is 9.53 Å². The number of carbonyl (C=O) groups is 1. The summed E-state index contributed by atoms with van der Waals surface area (Å²) in [5, 5.41) is 13.2. The number of ether oxygens (including phenoxy) is 1. The highest BCUT2D eigenvalue weighted by Gasteiger charge is 2.22. The van der Waals surface area contributed by atoms with Crippen LogP contribution in [0, 0.1) is 0 Å². The van der Waals surface area contributed by atoms with E-state index in [0.29, 0.717) is 18.8 Å². The van der Waals surface area contributed by atoms with Gasteiger partial charge in [0.05, 0.1) is 6.10 Å². The third-order valence-corrected chi connectivity index (χ3v) is 3.54. The highest BCUT2D eigenvalue weighted by atomic mass is 35.5. The molecule has 0 spiro atoms. The number of aromatic nitrogens is 2. The second-order valence-corrected chi connectivity index (χ2v) is 4.80. The maximum Gasteiger partial charge on any atom is 0.272 e. The second-order valence-electron chi connectivity index (χ2n) is 4.80. The van der Waals surface area contributed by atoms with Crippen LogP contribution in [-0.4, -0.2) is 41.9 Å². The first-order chi connectivity index (χ1) is 8.84. The number of aromatic amines is 1. The van der Waals surface area contributed by atoms with Gasteiger partial charge in [-0.05, 0) is 12.8 Å². The zero-order chi connectivity index (χ0) is 12.4. The number of carbonyl (C=O) groups excluding carboxylic acids is 1. The molecule has 6 nitrogen and oxygen atoms in total. The van der Waals surface area contributed by atoms with Crippen molar-refractivity contribution in [3.8, 4) is 0 Å². The van der Waals surface area contributed by atoms with Crippen LogP contribution in [-0.2, 0) is 17.7 Å². The molecule has 0 saturated carbocycles. The Bertz CT molecular complexity index is 443. The van der Waals surface area contributed by atoms with Crippen molar-refractivity contribution >= 4 is 18.3 Å². The van der Waals surface area contributed by atoms with Crippen LogP contribution < -0.4 is 10.6 Å². The first-order valence-corrected chi connectivity index (χ1v) is 6.51. The van der Waals surface area contributed by atoms with Gasteiger partial charge >= 0.3 is 0 Å². The summed E-state index contributed by atoms with van der Waals surface area (Å²) in [5.74, 6) is -0.105. The molecule has 3 N–H and O–H groups in total. The minimum atomic E-state index is -0.105. The van der Waals surface area contributed by atoms with E-state index in [1.54, 1.807) is 0 Å². The number of fused-ring (bicyclic) bond motifs is 1. The van der Waals surface area contributed by atoms with Gasteiger partial charge in [-0.1, -0.05) is 0 Å². The van der Waals surface area contributed by atoms with E-state index in [1.807, 2.05) is 0 Å². The molecule has 19 heavy (non-hydrogen) atoms. The smallest absolute Gasteiger partial charge is 0.272 e. The van der Waals surface area contributed by atoms with E-state index < -0.39 is 0 Å². The third-order valence-electron chi connectivity index (χ3n) is 3.54. The number of halogens is 1. The van der Waals surface area contributed by atoms with E-state index >= 15 is 0 Å². The molecule has 2 aliphatic rings. The zero-order valence-electron chi connectivity index (χ0n) is 10.7. The molecular weight excluding hydrogens is 268 g/mol. The largest absolute Gasteiger partial charge is 0.376 e. The number of nitrogens with one attached hydrogen (secondary N) is 3. The first-order valence-electron chi connectivity index (χ1n) is 6.51. The summed E-state index contributed by atoms with van der Waals surface area (Å²) >= 11 is 0. The van der Waals surface area contributed by atoms with Crippen molar-refractivity contribution in [2.45, 2.75) is 31.9 Å². The van der Waals surface area contributed by atoms with Gasteiger partial charge in [0.15, 0.2) is 5.69 Å². The molecule has 1 saturated heterocycles. The number of nitrogens with zero attached hydrogens (tertiary/aromatic N) is 1. The normalized spacial score (nSPS) is 21.6. The predicted molar refractivity (Wildman–Crippen MR) is 72.6 cm³/mol. The van der Waals surface area contributed by atoms with Crippen molar-refractivity contribution in [2.75, 3.05) is 19.7 Å². The van der Waals surface area contributed by atoms with Crippen LogP contribution in [0.15, 0.2) is 0 Å². The Labute approximate surface area is 118 Å². The Balaban J connectivity index is 0.00000133. The molecule has 7 heteroatoms. The van der Waals surface area contributed by atoms with Crippen molar-refractivity contribution in [1.82, 2.24) is 20.8 Å². The Hall–Kier alpha value is -1.11. The van der Waals surface area contributed by atoms with Crippen LogP contribution in [0.25, 0.3) is 0 Å². The van der Waals surface area contributed by atoms with E-state index in [9.17, 15) is 4.79 Å². The first kappa shape index (κ1) is 14.3. The van der Waals surface area contributed by atoms with E-state index in [-0.39, 0.29) is 24.4 Å². The van der Waals surface area contributed by atoms with Crippen LogP contribution in [0.3, 0.4) is 0 Å². The topological polar surface area (TPSA) is 79.0 Å². The van der Waals surface area contributed by atoms with Gasteiger partial charge in [0.2, 0.25) is 0 Å². The standard InChI is InChI=1S/C12H18N4O2.ClH/c17-12(14-6-8-2-1-5-18-8)11-9-7-13-4-3-10(9)15-16-11;/h8,13H,1-7H2,(H,14,17)(H,15,16);1H. The summed E-state index contributed by atoms with van der Waals surface area (Å²) in [6.07, 6.45) is 3.19. The van der Waals surface area contributed by atoms with Crippen LogP contribution in [0.2, 0.25) is 0 Å². The molecule has 3 rings (SSSR count). The lowest BCUT2D eigenvalue weighted by Gasteiger charge is -2.13.